The van der Waals surface area contributed by atoms with Gasteiger partial charge in [0, 0.05) is 38.6 Å². The molecule has 9 heteroatoms. The van der Waals surface area contributed by atoms with Crippen molar-refractivity contribution in [3.05, 3.63) is 28.9 Å². The highest BCUT2D eigenvalue weighted by atomic mass is 35.5. The highest BCUT2D eigenvalue weighted by Gasteiger charge is 2.27. The van der Waals surface area contributed by atoms with Crippen LogP contribution in [-0.2, 0) is 17.1 Å². The Hall–Kier alpha value is -1.09. The van der Waals surface area contributed by atoms with Gasteiger partial charge >= 0.3 is 0 Å². The van der Waals surface area contributed by atoms with Gasteiger partial charge in [0.15, 0.2) is 4.21 Å². The van der Waals surface area contributed by atoms with E-state index in [0.717, 1.165) is 43.2 Å². The van der Waals surface area contributed by atoms with Crippen LogP contribution in [0.1, 0.15) is 12.8 Å². The molecule has 3 heterocycles. The minimum Gasteiger partial charge on any atom is -0.342 e. The molecule has 1 N–H and O–H groups in total. The number of hydrogen-bond acceptors (Lipinski definition) is 5. The minimum absolute atomic E-state index is 0.0697. The molecule has 1 aliphatic rings. The molecule has 2 aromatic heterocycles. The van der Waals surface area contributed by atoms with E-state index in [1.54, 1.807) is 17.6 Å². The summed E-state index contributed by atoms with van der Waals surface area (Å²) < 4.78 is 29.6. The highest BCUT2D eigenvalue weighted by molar-refractivity contribution is 7.91. The van der Waals surface area contributed by atoms with E-state index in [9.17, 15) is 8.42 Å². The second-order valence-corrected chi connectivity index (χ2v) is 8.51. The van der Waals surface area contributed by atoms with Gasteiger partial charge in [0.25, 0.3) is 10.0 Å². The molecule has 120 valence electrons. The number of nitrogens with one attached hydrogen (secondary N) is 1. The van der Waals surface area contributed by atoms with Gasteiger partial charge in [-0.2, -0.15) is 0 Å². The van der Waals surface area contributed by atoms with E-state index in [2.05, 4.69) is 14.6 Å². The Labute approximate surface area is 138 Å². The van der Waals surface area contributed by atoms with Crippen molar-refractivity contribution < 1.29 is 8.42 Å². The molecule has 0 unspecified atom stereocenters. The molecule has 2 aromatic rings. The zero-order valence-corrected chi connectivity index (χ0v) is 14.5. The summed E-state index contributed by atoms with van der Waals surface area (Å²) in [5.74, 6) is 0.919. The fourth-order valence-electron chi connectivity index (χ4n) is 2.60. The van der Waals surface area contributed by atoms with Crippen LogP contribution in [0.3, 0.4) is 0 Å². The van der Waals surface area contributed by atoms with Crippen LogP contribution in [0.4, 0.5) is 5.95 Å². The molecule has 0 spiro atoms. The van der Waals surface area contributed by atoms with Crippen LogP contribution < -0.4 is 9.62 Å². The number of rotatable bonds is 4. The molecule has 1 fully saturated rings. The monoisotopic (exact) mass is 360 g/mol. The van der Waals surface area contributed by atoms with E-state index in [1.807, 2.05) is 17.8 Å². The zero-order chi connectivity index (χ0) is 15.7. The molecule has 0 radical (unpaired) electrons. The standard InChI is InChI=1S/C13H17ClN4O2S2/c1-17-8-5-15-13(17)18-6-2-10(3-7-18)16-22(19,20)12-11(14)4-9-21-12/h4-5,8-10,16H,2-3,6-7H2,1H3. The number of nitrogens with zero attached hydrogens (tertiary/aromatic N) is 3. The van der Waals surface area contributed by atoms with Crippen molar-refractivity contribution in [1.29, 1.82) is 0 Å². The topological polar surface area (TPSA) is 67.2 Å². The van der Waals surface area contributed by atoms with E-state index >= 15 is 0 Å². The lowest BCUT2D eigenvalue weighted by molar-refractivity contribution is 0.455. The maximum atomic E-state index is 12.3. The van der Waals surface area contributed by atoms with E-state index in [-0.39, 0.29) is 15.3 Å². The van der Waals surface area contributed by atoms with Gasteiger partial charge in [-0.3, -0.25) is 0 Å². The van der Waals surface area contributed by atoms with Crippen molar-refractivity contribution in [2.24, 2.45) is 7.05 Å². The Morgan fingerprint density at radius 3 is 2.68 bits per heavy atom. The van der Waals surface area contributed by atoms with Crippen molar-refractivity contribution in [2.75, 3.05) is 18.0 Å². The Balaban J connectivity index is 1.63. The average Bonchev–Trinajstić information content (AvgIpc) is 3.08. The summed E-state index contributed by atoms with van der Waals surface area (Å²) in [7, 11) is -1.58. The number of aryl methyl sites for hydroxylation is 1. The predicted molar refractivity (Wildman–Crippen MR) is 88.1 cm³/mol. The van der Waals surface area contributed by atoms with Crippen molar-refractivity contribution in [2.45, 2.75) is 23.1 Å². The summed E-state index contributed by atoms with van der Waals surface area (Å²) in [4.78, 5) is 6.50. The Bertz CT molecular complexity index is 748. The SMILES string of the molecule is Cn1ccnc1N1CCC(NS(=O)(=O)c2sccc2Cl)CC1. The van der Waals surface area contributed by atoms with Crippen LogP contribution in [0.5, 0.6) is 0 Å². The summed E-state index contributed by atoms with van der Waals surface area (Å²) >= 11 is 7.06. The van der Waals surface area contributed by atoms with Crippen LogP contribution in [0.15, 0.2) is 28.0 Å². The zero-order valence-electron chi connectivity index (χ0n) is 12.1. The summed E-state index contributed by atoms with van der Waals surface area (Å²) in [6.07, 6.45) is 5.16. The molecule has 0 bridgehead atoms. The normalized spacial score (nSPS) is 17.1. The molecule has 0 amide bonds. The first kappa shape index (κ1) is 15.8. The molecule has 22 heavy (non-hydrogen) atoms. The predicted octanol–water partition coefficient (Wildman–Crippen LogP) is 2.08. The number of hydrogen-bond donors (Lipinski definition) is 1. The average molecular weight is 361 g/mol. The number of thiophene rings is 1. The van der Waals surface area contributed by atoms with E-state index in [0.29, 0.717) is 0 Å². The second kappa shape index (κ2) is 6.19. The molecule has 0 atom stereocenters. The molecule has 1 aliphatic heterocycles. The molecule has 1 saturated heterocycles. The van der Waals surface area contributed by atoms with Crippen molar-refractivity contribution >= 4 is 38.9 Å². The highest BCUT2D eigenvalue weighted by Crippen LogP contribution is 2.28. The molecule has 6 nitrogen and oxygen atoms in total. The third kappa shape index (κ3) is 3.15. The lowest BCUT2D eigenvalue weighted by atomic mass is 10.1. The molecule has 3 rings (SSSR count). The number of sulfonamides is 1. The molecule has 0 aromatic carbocycles. The molecule has 0 aliphatic carbocycles. The third-order valence-electron chi connectivity index (χ3n) is 3.72. The third-order valence-corrected chi connectivity index (χ3v) is 7.27. The minimum atomic E-state index is -3.53. The van der Waals surface area contributed by atoms with Crippen LogP contribution >= 0.6 is 22.9 Å². The Morgan fingerprint density at radius 2 is 2.14 bits per heavy atom. The summed E-state index contributed by atoms with van der Waals surface area (Å²) in [6.45, 7) is 1.55. The van der Waals surface area contributed by atoms with E-state index in [4.69, 9.17) is 11.6 Å². The fourth-order valence-corrected chi connectivity index (χ4v) is 5.61. The lowest BCUT2D eigenvalue weighted by Gasteiger charge is -2.32. The van der Waals surface area contributed by atoms with Crippen LogP contribution in [-0.4, -0.2) is 37.1 Å². The fraction of sp³-hybridized carbons (Fsp3) is 0.462. The second-order valence-electron chi connectivity index (χ2n) is 5.28. The van der Waals surface area contributed by atoms with E-state index in [1.165, 1.54) is 0 Å². The number of aromatic nitrogens is 2. The largest absolute Gasteiger partial charge is 0.342 e. The van der Waals surface area contributed by atoms with Gasteiger partial charge in [-0.25, -0.2) is 18.1 Å². The van der Waals surface area contributed by atoms with Gasteiger partial charge in [0.2, 0.25) is 5.95 Å². The van der Waals surface area contributed by atoms with Gasteiger partial charge in [0.05, 0.1) is 5.02 Å². The quantitative estimate of drug-likeness (QED) is 0.906. The lowest BCUT2D eigenvalue weighted by Crippen LogP contribution is -2.45. The van der Waals surface area contributed by atoms with Gasteiger partial charge in [-0.15, -0.1) is 11.3 Å². The van der Waals surface area contributed by atoms with Gasteiger partial charge in [-0.05, 0) is 24.3 Å². The number of piperidine rings is 1. The number of imidazole rings is 1. The molecule has 0 saturated carbocycles. The van der Waals surface area contributed by atoms with Crippen molar-refractivity contribution in [1.82, 2.24) is 14.3 Å². The van der Waals surface area contributed by atoms with Gasteiger partial charge in [-0.1, -0.05) is 11.6 Å². The molecular weight excluding hydrogens is 344 g/mol. The van der Waals surface area contributed by atoms with Crippen LogP contribution in [0.25, 0.3) is 0 Å². The van der Waals surface area contributed by atoms with E-state index < -0.39 is 10.0 Å². The van der Waals surface area contributed by atoms with Gasteiger partial charge in [0.1, 0.15) is 0 Å². The maximum Gasteiger partial charge on any atom is 0.251 e. The first-order valence-corrected chi connectivity index (χ1v) is 9.69. The summed E-state index contributed by atoms with van der Waals surface area (Å²) in [5, 5.41) is 1.96. The first-order valence-electron chi connectivity index (χ1n) is 6.95. The van der Waals surface area contributed by atoms with Crippen LogP contribution in [0, 0.1) is 0 Å². The summed E-state index contributed by atoms with van der Waals surface area (Å²) in [6, 6.07) is 1.53. The summed E-state index contributed by atoms with van der Waals surface area (Å²) in [5.41, 5.74) is 0. The Morgan fingerprint density at radius 1 is 1.41 bits per heavy atom. The van der Waals surface area contributed by atoms with Crippen molar-refractivity contribution in [3.63, 3.8) is 0 Å². The molecular formula is C13H17ClN4O2S2. The van der Waals surface area contributed by atoms with Crippen molar-refractivity contribution in [3.8, 4) is 0 Å². The van der Waals surface area contributed by atoms with Crippen LogP contribution in [0.2, 0.25) is 5.02 Å². The number of halogens is 1. The number of anilines is 1. The maximum absolute atomic E-state index is 12.3. The Kier molecular flexibility index (Phi) is 4.44. The van der Waals surface area contributed by atoms with Gasteiger partial charge < -0.3 is 9.47 Å². The smallest absolute Gasteiger partial charge is 0.251 e. The first-order chi connectivity index (χ1) is 10.5.